The number of ether oxygens (including phenoxy) is 3. The van der Waals surface area contributed by atoms with Crippen molar-refractivity contribution < 1.29 is 28.6 Å². The van der Waals surface area contributed by atoms with Gasteiger partial charge in [-0.1, -0.05) is 266 Å². The maximum atomic E-state index is 12.9. The second-order valence-electron chi connectivity index (χ2n) is 19.5. The first-order valence-electron chi connectivity index (χ1n) is 29.7. The highest BCUT2D eigenvalue weighted by Gasteiger charge is 2.19. The molecule has 0 aliphatic heterocycles. The second kappa shape index (κ2) is 58.9. The molecular formula is C65H110O6. The lowest BCUT2D eigenvalue weighted by Crippen LogP contribution is -2.30. The predicted octanol–water partition coefficient (Wildman–Crippen LogP) is 20.1. The van der Waals surface area contributed by atoms with Crippen LogP contribution in [0.4, 0.5) is 0 Å². The highest BCUT2D eigenvalue weighted by molar-refractivity contribution is 5.71. The molecule has 0 spiro atoms. The molecule has 406 valence electrons. The maximum absolute atomic E-state index is 12.9. The van der Waals surface area contributed by atoms with Gasteiger partial charge in [0.25, 0.3) is 0 Å². The van der Waals surface area contributed by atoms with Crippen LogP contribution in [0.5, 0.6) is 0 Å². The van der Waals surface area contributed by atoms with Crippen molar-refractivity contribution >= 4 is 17.9 Å². The normalized spacial score (nSPS) is 12.8. The van der Waals surface area contributed by atoms with Gasteiger partial charge in [-0.25, -0.2) is 0 Å². The molecule has 0 aromatic rings. The lowest BCUT2D eigenvalue weighted by Gasteiger charge is -2.18. The Kier molecular flexibility index (Phi) is 55.9. The summed E-state index contributed by atoms with van der Waals surface area (Å²) in [6, 6.07) is 0. The first-order chi connectivity index (χ1) is 35.0. The molecule has 0 saturated heterocycles. The minimum absolute atomic E-state index is 0.101. The maximum Gasteiger partial charge on any atom is 0.306 e. The molecule has 0 amide bonds. The van der Waals surface area contributed by atoms with Gasteiger partial charge in [-0.15, -0.1) is 0 Å². The van der Waals surface area contributed by atoms with Crippen LogP contribution in [-0.4, -0.2) is 37.2 Å². The number of hydrogen-bond donors (Lipinski definition) is 0. The van der Waals surface area contributed by atoms with Gasteiger partial charge < -0.3 is 14.2 Å². The van der Waals surface area contributed by atoms with E-state index in [-0.39, 0.29) is 37.5 Å². The van der Waals surface area contributed by atoms with Crippen LogP contribution < -0.4 is 0 Å². The molecule has 71 heavy (non-hydrogen) atoms. The van der Waals surface area contributed by atoms with Crippen LogP contribution in [0, 0.1) is 0 Å². The van der Waals surface area contributed by atoms with E-state index < -0.39 is 6.10 Å². The van der Waals surface area contributed by atoms with E-state index in [2.05, 4.69) is 112 Å². The van der Waals surface area contributed by atoms with Crippen molar-refractivity contribution in [1.82, 2.24) is 0 Å². The Morgan fingerprint density at radius 2 is 0.577 bits per heavy atom. The van der Waals surface area contributed by atoms with Gasteiger partial charge in [-0.05, 0) is 89.9 Å². The monoisotopic (exact) mass is 987 g/mol. The van der Waals surface area contributed by atoms with Crippen LogP contribution in [0.25, 0.3) is 0 Å². The fourth-order valence-corrected chi connectivity index (χ4v) is 8.15. The standard InChI is InChI=1S/C65H110O6/c1-4-7-10-13-16-19-22-25-28-30-32-34-37-40-43-46-49-52-55-58-64(67)70-61-62(60-69-63(66)57-54-51-48-45-42-39-36-27-24-21-18-15-12-9-6-3)71-65(68)59-56-53-50-47-44-41-38-35-33-31-29-26-23-20-17-14-11-8-5-2/h7,10,16-17,19-20,25-26,28-29,32,34,40,43,49,52,62H,4-6,8-9,11-15,18,21-24,27,30-31,33,35-39,41-42,44-48,50-51,53-61H2,1-3H3/b10-7-,19-16-,20-17-,28-25-,29-26-,34-32-,43-40-,52-49-. The Bertz CT molecular complexity index is 1410. The Morgan fingerprint density at radius 1 is 0.296 bits per heavy atom. The number of rotatable bonds is 53. The van der Waals surface area contributed by atoms with E-state index in [9.17, 15) is 14.4 Å². The van der Waals surface area contributed by atoms with E-state index in [1.165, 1.54) is 148 Å². The Balaban J connectivity index is 4.49. The molecule has 6 nitrogen and oxygen atoms in total. The molecule has 0 N–H and O–H groups in total. The minimum Gasteiger partial charge on any atom is -0.462 e. The summed E-state index contributed by atoms with van der Waals surface area (Å²) < 4.78 is 16.8. The van der Waals surface area contributed by atoms with Crippen LogP contribution in [0.3, 0.4) is 0 Å². The van der Waals surface area contributed by atoms with Gasteiger partial charge in [0.05, 0.1) is 0 Å². The van der Waals surface area contributed by atoms with E-state index in [4.69, 9.17) is 14.2 Å². The van der Waals surface area contributed by atoms with E-state index in [1.54, 1.807) is 0 Å². The van der Waals surface area contributed by atoms with Crippen molar-refractivity contribution in [3.63, 3.8) is 0 Å². The summed E-state index contributed by atoms with van der Waals surface area (Å²) >= 11 is 0. The highest BCUT2D eigenvalue weighted by Crippen LogP contribution is 2.16. The number of hydrogen-bond acceptors (Lipinski definition) is 6. The third-order valence-corrected chi connectivity index (χ3v) is 12.6. The summed E-state index contributed by atoms with van der Waals surface area (Å²) in [7, 11) is 0. The quantitative estimate of drug-likeness (QED) is 0.0261. The molecule has 0 saturated carbocycles. The SMILES string of the molecule is CC/C=C\C/C=C\C/C=C\C/C=C\C/C=C\C/C=C\CCC(=O)OCC(COC(=O)CCCCCCCCCCCCCCCCC)OC(=O)CCCCCCCCCCC/C=C\C/C=C\CCCCC. The second-order valence-corrected chi connectivity index (χ2v) is 19.5. The zero-order chi connectivity index (χ0) is 51.4. The Morgan fingerprint density at radius 3 is 0.972 bits per heavy atom. The molecule has 6 heteroatoms. The molecule has 0 aliphatic rings. The summed E-state index contributed by atoms with van der Waals surface area (Å²) in [6.07, 6.45) is 78.4. The van der Waals surface area contributed by atoms with E-state index >= 15 is 0 Å². The van der Waals surface area contributed by atoms with Gasteiger partial charge in [0.1, 0.15) is 13.2 Å². The Hall–Kier alpha value is -3.67. The molecule has 0 aliphatic carbocycles. The average Bonchev–Trinajstić information content (AvgIpc) is 3.37. The summed E-state index contributed by atoms with van der Waals surface area (Å²) in [5.74, 6) is -0.986. The Labute approximate surface area is 438 Å². The molecule has 1 atom stereocenters. The van der Waals surface area contributed by atoms with Crippen LogP contribution in [-0.2, 0) is 28.6 Å². The van der Waals surface area contributed by atoms with E-state index in [1.807, 2.05) is 6.08 Å². The first-order valence-corrected chi connectivity index (χ1v) is 29.7. The van der Waals surface area contributed by atoms with Crippen LogP contribution in [0.2, 0.25) is 0 Å². The van der Waals surface area contributed by atoms with Gasteiger partial charge >= 0.3 is 17.9 Å². The zero-order valence-corrected chi connectivity index (χ0v) is 46.5. The third-order valence-electron chi connectivity index (χ3n) is 12.6. The predicted molar refractivity (Wildman–Crippen MR) is 307 cm³/mol. The van der Waals surface area contributed by atoms with Gasteiger partial charge in [-0.3, -0.25) is 14.4 Å². The fourth-order valence-electron chi connectivity index (χ4n) is 8.15. The number of unbranched alkanes of at least 4 members (excludes halogenated alkanes) is 26. The molecule has 0 radical (unpaired) electrons. The highest BCUT2D eigenvalue weighted by atomic mass is 16.6. The molecule has 0 heterocycles. The van der Waals surface area contributed by atoms with Crippen molar-refractivity contribution in [1.29, 1.82) is 0 Å². The summed E-state index contributed by atoms with van der Waals surface area (Å²) in [5, 5.41) is 0. The molecule has 0 aromatic heterocycles. The summed E-state index contributed by atoms with van der Waals surface area (Å²) in [5.41, 5.74) is 0. The van der Waals surface area contributed by atoms with Gasteiger partial charge in [0.2, 0.25) is 0 Å². The van der Waals surface area contributed by atoms with Crippen molar-refractivity contribution in [3.05, 3.63) is 97.2 Å². The molecule has 0 bridgehead atoms. The van der Waals surface area contributed by atoms with Gasteiger partial charge in [-0.2, -0.15) is 0 Å². The number of carbonyl (C=O) groups is 3. The number of allylic oxidation sites excluding steroid dienone is 16. The van der Waals surface area contributed by atoms with Crippen LogP contribution >= 0.6 is 0 Å². The topological polar surface area (TPSA) is 78.9 Å². The fraction of sp³-hybridized carbons (Fsp3) is 0.708. The van der Waals surface area contributed by atoms with Crippen LogP contribution in [0.15, 0.2) is 97.2 Å². The van der Waals surface area contributed by atoms with Crippen molar-refractivity contribution in [3.8, 4) is 0 Å². The van der Waals surface area contributed by atoms with Crippen LogP contribution in [0.1, 0.15) is 278 Å². The summed E-state index contributed by atoms with van der Waals surface area (Å²) in [6.45, 7) is 6.45. The first kappa shape index (κ1) is 67.3. The van der Waals surface area contributed by atoms with Crippen molar-refractivity contribution in [2.24, 2.45) is 0 Å². The minimum atomic E-state index is -0.810. The molecular weight excluding hydrogens is 877 g/mol. The number of esters is 3. The third kappa shape index (κ3) is 57.1. The van der Waals surface area contributed by atoms with E-state index in [0.29, 0.717) is 19.3 Å². The summed E-state index contributed by atoms with van der Waals surface area (Å²) in [4.78, 5) is 38.2. The molecule has 0 fully saturated rings. The smallest absolute Gasteiger partial charge is 0.306 e. The number of carbonyl (C=O) groups excluding carboxylic acids is 3. The van der Waals surface area contributed by atoms with Gasteiger partial charge in [0, 0.05) is 19.3 Å². The van der Waals surface area contributed by atoms with E-state index in [0.717, 1.165) is 83.5 Å². The lowest BCUT2D eigenvalue weighted by molar-refractivity contribution is -0.166. The van der Waals surface area contributed by atoms with Crippen molar-refractivity contribution in [2.75, 3.05) is 13.2 Å². The molecule has 1 unspecified atom stereocenters. The largest absolute Gasteiger partial charge is 0.462 e. The average molecular weight is 988 g/mol. The molecule has 0 aromatic carbocycles. The van der Waals surface area contributed by atoms with Gasteiger partial charge in [0.15, 0.2) is 6.10 Å². The molecule has 0 rings (SSSR count). The zero-order valence-electron chi connectivity index (χ0n) is 46.5. The lowest BCUT2D eigenvalue weighted by atomic mass is 10.0. The van der Waals surface area contributed by atoms with Crippen molar-refractivity contribution in [2.45, 2.75) is 284 Å².